The average molecular weight is 295 g/mol. The standard InChI is InChI=1S/C15H23O4Si/c20-14-2-10-1-13(14)15(3-10,8-16-4-11-6-18-11)9-17-5-12-7-19-12/h10-14H,1-9H2. The van der Waals surface area contributed by atoms with E-state index in [2.05, 4.69) is 10.2 Å². The first-order chi connectivity index (χ1) is 9.75. The van der Waals surface area contributed by atoms with Crippen molar-refractivity contribution >= 4 is 10.2 Å². The maximum atomic E-state index is 5.96. The van der Waals surface area contributed by atoms with Crippen molar-refractivity contribution in [1.82, 2.24) is 0 Å². The highest BCUT2D eigenvalue weighted by Gasteiger charge is 2.54. The van der Waals surface area contributed by atoms with Crippen molar-refractivity contribution in [3.8, 4) is 0 Å². The smallest absolute Gasteiger partial charge is 0.104 e. The third-order valence-electron chi connectivity index (χ3n) is 5.33. The molecule has 0 N–H and O–H groups in total. The third kappa shape index (κ3) is 2.83. The summed E-state index contributed by atoms with van der Waals surface area (Å²) in [6.07, 6.45) is 4.62. The minimum Gasteiger partial charge on any atom is -0.378 e. The monoisotopic (exact) mass is 295 g/mol. The Morgan fingerprint density at radius 1 is 1.00 bits per heavy atom. The van der Waals surface area contributed by atoms with E-state index in [4.69, 9.17) is 18.9 Å². The lowest BCUT2D eigenvalue weighted by Crippen LogP contribution is -2.40. The van der Waals surface area contributed by atoms with E-state index in [0.29, 0.717) is 23.7 Å². The SMILES string of the molecule is [Si]C1CC2CC1C(COCC1CO1)(COCC1CO1)C2. The molecule has 111 valence electrons. The number of epoxide rings is 2. The fourth-order valence-corrected chi connectivity index (χ4v) is 5.03. The van der Waals surface area contributed by atoms with Gasteiger partial charge in [-0.2, -0.15) is 0 Å². The molecule has 2 saturated carbocycles. The van der Waals surface area contributed by atoms with Crippen LogP contribution in [0.15, 0.2) is 0 Å². The molecule has 5 heteroatoms. The van der Waals surface area contributed by atoms with Crippen LogP contribution in [-0.2, 0) is 18.9 Å². The molecule has 2 heterocycles. The summed E-state index contributed by atoms with van der Waals surface area (Å²) in [5, 5.41) is 0. The van der Waals surface area contributed by atoms with Crippen molar-refractivity contribution in [2.45, 2.75) is 37.0 Å². The minimum atomic E-state index is 0.207. The lowest BCUT2D eigenvalue weighted by atomic mass is 9.74. The largest absolute Gasteiger partial charge is 0.378 e. The van der Waals surface area contributed by atoms with Crippen LogP contribution in [0.5, 0.6) is 0 Å². The van der Waals surface area contributed by atoms with Gasteiger partial charge in [-0.05, 0) is 30.2 Å². The predicted molar refractivity (Wildman–Crippen MR) is 73.9 cm³/mol. The number of hydrogen-bond acceptors (Lipinski definition) is 4. The van der Waals surface area contributed by atoms with Gasteiger partial charge >= 0.3 is 0 Å². The van der Waals surface area contributed by atoms with Gasteiger partial charge in [-0.15, -0.1) is 0 Å². The summed E-state index contributed by atoms with van der Waals surface area (Å²) < 4.78 is 22.4. The number of fused-ring (bicyclic) bond motifs is 2. The van der Waals surface area contributed by atoms with Crippen molar-refractivity contribution < 1.29 is 18.9 Å². The third-order valence-corrected chi connectivity index (χ3v) is 5.97. The Bertz CT molecular complexity index is 338. The Morgan fingerprint density at radius 3 is 2.05 bits per heavy atom. The highest BCUT2D eigenvalue weighted by molar-refractivity contribution is 6.12. The Labute approximate surface area is 123 Å². The first-order valence-electron chi connectivity index (χ1n) is 7.85. The molecule has 2 bridgehead atoms. The highest BCUT2D eigenvalue weighted by atomic mass is 28.1. The lowest BCUT2D eigenvalue weighted by Gasteiger charge is -2.40. The van der Waals surface area contributed by atoms with E-state index in [-0.39, 0.29) is 5.41 Å². The number of hydrogen-bond donors (Lipinski definition) is 0. The van der Waals surface area contributed by atoms with E-state index in [9.17, 15) is 0 Å². The van der Waals surface area contributed by atoms with Gasteiger partial charge in [0.05, 0.1) is 39.6 Å². The van der Waals surface area contributed by atoms with E-state index in [1.165, 1.54) is 19.3 Å². The lowest BCUT2D eigenvalue weighted by molar-refractivity contribution is -0.0567. The van der Waals surface area contributed by atoms with Crippen LogP contribution < -0.4 is 0 Å². The summed E-state index contributed by atoms with van der Waals surface area (Å²) in [5.74, 6) is 1.55. The molecular weight excluding hydrogens is 272 g/mol. The summed E-state index contributed by atoms with van der Waals surface area (Å²) in [6.45, 7) is 4.88. The fourth-order valence-electron chi connectivity index (χ4n) is 4.20. The van der Waals surface area contributed by atoms with Gasteiger partial charge in [0.25, 0.3) is 0 Å². The maximum Gasteiger partial charge on any atom is 0.104 e. The second kappa shape index (κ2) is 5.36. The van der Waals surface area contributed by atoms with Crippen molar-refractivity contribution in [1.29, 1.82) is 0 Å². The van der Waals surface area contributed by atoms with Gasteiger partial charge in [-0.1, -0.05) is 6.42 Å². The van der Waals surface area contributed by atoms with Crippen LogP contribution in [0, 0.1) is 17.3 Å². The van der Waals surface area contributed by atoms with Crippen LogP contribution in [0.25, 0.3) is 0 Å². The molecule has 0 spiro atoms. The van der Waals surface area contributed by atoms with E-state index < -0.39 is 0 Å². The molecule has 0 amide bonds. The van der Waals surface area contributed by atoms with Crippen LogP contribution >= 0.6 is 0 Å². The van der Waals surface area contributed by atoms with Gasteiger partial charge in [0.2, 0.25) is 0 Å². The van der Waals surface area contributed by atoms with E-state index in [1.807, 2.05) is 0 Å². The summed E-state index contributed by atoms with van der Waals surface area (Å²) in [4.78, 5) is 0. The van der Waals surface area contributed by atoms with Gasteiger partial charge in [0.15, 0.2) is 0 Å². The summed E-state index contributed by atoms with van der Waals surface area (Å²) >= 11 is 0. The van der Waals surface area contributed by atoms with Gasteiger partial charge in [0, 0.05) is 15.7 Å². The van der Waals surface area contributed by atoms with Crippen LogP contribution in [0.1, 0.15) is 19.3 Å². The Morgan fingerprint density at radius 2 is 1.60 bits per heavy atom. The average Bonchev–Trinajstić information content (AvgIpc) is 3.32. The van der Waals surface area contributed by atoms with Gasteiger partial charge in [-0.3, -0.25) is 0 Å². The molecule has 5 atom stereocenters. The number of rotatable bonds is 8. The molecular formula is C15H23O4Si. The predicted octanol–water partition coefficient (Wildman–Crippen LogP) is 1.19. The molecule has 0 aromatic rings. The van der Waals surface area contributed by atoms with Crippen LogP contribution in [0.2, 0.25) is 5.54 Å². The van der Waals surface area contributed by atoms with Gasteiger partial charge in [-0.25, -0.2) is 0 Å². The molecule has 3 radical (unpaired) electrons. The van der Waals surface area contributed by atoms with Crippen molar-refractivity contribution in [2.24, 2.45) is 17.3 Å². The van der Waals surface area contributed by atoms with Crippen LogP contribution in [0.4, 0.5) is 0 Å². The Kier molecular flexibility index (Phi) is 3.67. The first kappa shape index (κ1) is 13.7. The normalized spacial score (nSPS) is 48.8. The van der Waals surface area contributed by atoms with Crippen LogP contribution in [0.3, 0.4) is 0 Å². The van der Waals surface area contributed by atoms with Crippen molar-refractivity contribution in [3.63, 3.8) is 0 Å². The van der Waals surface area contributed by atoms with Crippen LogP contribution in [-0.4, -0.2) is 62.1 Å². The molecule has 4 aliphatic rings. The van der Waals surface area contributed by atoms with Gasteiger partial charge in [0.1, 0.15) is 12.2 Å². The molecule has 2 aliphatic carbocycles. The van der Waals surface area contributed by atoms with E-state index in [0.717, 1.165) is 45.6 Å². The molecule has 0 aromatic carbocycles. The molecule has 0 aromatic heterocycles. The zero-order chi connectivity index (χ0) is 13.6. The minimum absolute atomic E-state index is 0.207. The second-order valence-corrected chi connectivity index (χ2v) is 7.80. The second-order valence-electron chi connectivity index (χ2n) is 7.06. The molecule has 20 heavy (non-hydrogen) atoms. The first-order valence-corrected chi connectivity index (χ1v) is 8.43. The molecule has 4 rings (SSSR count). The quantitative estimate of drug-likeness (QED) is 0.498. The Balaban J connectivity index is 1.35. The van der Waals surface area contributed by atoms with Gasteiger partial charge < -0.3 is 18.9 Å². The summed E-state index contributed by atoms with van der Waals surface area (Å²) in [6, 6.07) is 0. The number of ether oxygens (including phenoxy) is 4. The Hall–Kier alpha value is 0.0569. The molecule has 2 saturated heterocycles. The molecule has 5 unspecified atom stereocenters. The summed E-state index contributed by atoms with van der Waals surface area (Å²) in [5.41, 5.74) is 0.842. The highest BCUT2D eigenvalue weighted by Crippen LogP contribution is 2.60. The topological polar surface area (TPSA) is 43.5 Å². The molecule has 4 nitrogen and oxygen atoms in total. The fraction of sp³-hybridized carbons (Fsp3) is 1.00. The maximum absolute atomic E-state index is 5.96. The zero-order valence-corrected chi connectivity index (χ0v) is 12.9. The van der Waals surface area contributed by atoms with E-state index in [1.54, 1.807) is 0 Å². The zero-order valence-electron chi connectivity index (χ0n) is 11.9. The molecule has 4 fully saturated rings. The van der Waals surface area contributed by atoms with Crippen molar-refractivity contribution in [2.75, 3.05) is 39.6 Å². The van der Waals surface area contributed by atoms with Crippen molar-refractivity contribution in [3.05, 3.63) is 0 Å². The van der Waals surface area contributed by atoms with E-state index >= 15 is 0 Å². The molecule has 2 aliphatic heterocycles. The summed E-state index contributed by atoms with van der Waals surface area (Å²) in [7, 11) is 3.93.